The van der Waals surface area contributed by atoms with Gasteiger partial charge in [-0.05, 0) is 6.92 Å². The lowest BCUT2D eigenvalue weighted by molar-refractivity contribution is -0.113. The molecule has 26 heavy (non-hydrogen) atoms. The van der Waals surface area contributed by atoms with Gasteiger partial charge in [0.25, 0.3) is 5.56 Å². The van der Waals surface area contributed by atoms with Crippen LogP contribution in [-0.4, -0.2) is 26.6 Å². The number of anilines is 1. The van der Waals surface area contributed by atoms with Crippen LogP contribution in [0.25, 0.3) is 11.3 Å². The highest BCUT2D eigenvalue weighted by Gasteiger charge is 2.14. The summed E-state index contributed by atoms with van der Waals surface area (Å²) < 4.78 is 0. The van der Waals surface area contributed by atoms with Crippen molar-refractivity contribution < 1.29 is 4.79 Å². The van der Waals surface area contributed by atoms with Crippen LogP contribution < -0.4 is 10.9 Å². The van der Waals surface area contributed by atoms with Crippen LogP contribution in [0.4, 0.5) is 5.13 Å². The molecule has 0 aliphatic carbocycles. The number of benzene rings is 1. The van der Waals surface area contributed by atoms with Gasteiger partial charge in [-0.25, -0.2) is 9.97 Å². The molecule has 0 unspecified atom stereocenters. The average Bonchev–Trinajstić information content (AvgIpc) is 3.05. The molecule has 0 atom stereocenters. The number of thiazole rings is 1. The number of nitrogens with one attached hydrogen (secondary N) is 2. The molecule has 0 saturated carbocycles. The van der Waals surface area contributed by atoms with E-state index in [0.717, 1.165) is 17.5 Å². The van der Waals surface area contributed by atoms with Crippen LogP contribution in [0.2, 0.25) is 0 Å². The van der Waals surface area contributed by atoms with Gasteiger partial charge in [-0.2, -0.15) is 5.26 Å². The highest BCUT2D eigenvalue weighted by atomic mass is 32.2. The quantitative estimate of drug-likeness (QED) is 0.518. The van der Waals surface area contributed by atoms with Gasteiger partial charge >= 0.3 is 0 Å². The van der Waals surface area contributed by atoms with Gasteiger partial charge < -0.3 is 10.3 Å². The van der Waals surface area contributed by atoms with E-state index in [9.17, 15) is 14.9 Å². The van der Waals surface area contributed by atoms with Crippen molar-refractivity contribution in [3.63, 3.8) is 0 Å². The molecule has 130 valence electrons. The highest BCUT2D eigenvalue weighted by molar-refractivity contribution is 7.99. The third-order valence-electron chi connectivity index (χ3n) is 3.26. The molecule has 2 aromatic heterocycles. The minimum absolute atomic E-state index is 0.0525. The van der Waals surface area contributed by atoms with Crippen molar-refractivity contribution >= 4 is 34.1 Å². The number of carbonyl (C=O) groups is 1. The number of H-pyrrole nitrogens is 1. The fourth-order valence-corrected chi connectivity index (χ4v) is 3.50. The first-order valence-corrected chi connectivity index (χ1v) is 9.38. The van der Waals surface area contributed by atoms with Gasteiger partial charge in [0.15, 0.2) is 10.3 Å². The van der Waals surface area contributed by atoms with Crippen LogP contribution in [0, 0.1) is 18.3 Å². The van der Waals surface area contributed by atoms with Crippen molar-refractivity contribution in [2.75, 3.05) is 11.1 Å². The Kier molecular flexibility index (Phi) is 5.46. The van der Waals surface area contributed by atoms with Gasteiger partial charge in [-0.1, -0.05) is 42.1 Å². The predicted octanol–water partition coefficient (Wildman–Crippen LogP) is 2.80. The molecule has 2 N–H and O–H groups in total. The molecule has 3 rings (SSSR count). The second kappa shape index (κ2) is 7.95. The summed E-state index contributed by atoms with van der Waals surface area (Å²) in [6.45, 7) is 1.84. The van der Waals surface area contributed by atoms with Crippen LogP contribution in [0.3, 0.4) is 0 Å². The number of aryl methyl sites for hydroxylation is 1. The van der Waals surface area contributed by atoms with E-state index in [-0.39, 0.29) is 22.4 Å². The van der Waals surface area contributed by atoms with Gasteiger partial charge in [0.2, 0.25) is 5.91 Å². The first-order chi connectivity index (χ1) is 12.6. The predicted molar refractivity (Wildman–Crippen MR) is 101 cm³/mol. The Balaban J connectivity index is 1.78. The Morgan fingerprint density at radius 3 is 2.77 bits per heavy atom. The van der Waals surface area contributed by atoms with Crippen molar-refractivity contribution in [3.8, 4) is 17.3 Å². The van der Waals surface area contributed by atoms with Gasteiger partial charge in [0.1, 0.15) is 11.6 Å². The van der Waals surface area contributed by atoms with E-state index in [1.807, 2.05) is 24.4 Å². The fraction of sp³-hybridized carbons (Fsp3) is 0.118. The van der Waals surface area contributed by atoms with E-state index in [2.05, 4.69) is 20.3 Å². The minimum atomic E-state index is -0.528. The summed E-state index contributed by atoms with van der Waals surface area (Å²) in [7, 11) is 0. The molecule has 0 radical (unpaired) electrons. The first kappa shape index (κ1) is 17.8. The summed E-state index contributed by atoms with van der Waals surface area (Å²) >= 11 is 2.43. The van der Waals surface area contributed by atoms with Crippen molar-refractivity contribution in [2.24, 2.45) is 0 Å². The lowest BCUT2D eigenvalue weighted by Crippen LogP contribution is -2.17. The molecule has 0 fully saturated rings. The number of hydrogen-bond acceptors (Lipinski definition) is 7. The summed E-state index contributed by atoms with van der Waals surface area (Å²) in [6, 6.07) is 10.9. The normalized spacial score (nSPS) is 10.3. The Morgan fingerprint density at radius 1 is 1.35 bits per heavy atom. The molecule has 0 spiro atoms. The zero-order chi connectivity index (χ0) is 18.5. The molecule has 0 aliphatic heterocycles. The molecule has 0 saturated heterocycles. The summed E-state index contributed by atoms with van der Waals surface area (Å²) in [5.41, 5.74) is 1.22. The van der Waals surface area contributed by atoms with E-state index in [1.54, 1.807) is 24.3 Å². The molecule has 3 aromatic rings. The summed E-state index contributed by atoms with van der Waals surface area (Å²) in [5, 5.41) is 14.6. The average molecular weight is 383 g/mol. The molecule has 0 bridgehead atoms. The standard InChI is InChI=1S/C17H13N5O2S2/c1-10-8-25-16(19-10)20-13(23)9-26-17-21-14(11-5-3-2-4-6-11)12(7-18)15(24)22-17/h2-6,8H,9H2,1H3,(H,19,20,23)(H,21,22,24). The maximum Gasteiger partial charge on any atom is 0.270 e. The minimum Gasteiger partial charge on any atom is -0.301 e. The van der Waals surface area contributed by atoms with Crippen LogP contribution in [-0.2, 0) is 4.79 Å². The molecule has 1 aromatic carbocycles. The molecule has 1 amide bonds. The van der Waals surface area contributed by atoms with E-state index in [4.69, 9.17) is 0 Å². The first-order valence-electron chi connectivity index (χ1n) is 7.51. The van der Waals surface area contributed by atoms with Gasteiger partial charge in [-0.15, -0.1) is 11.3 Å². The second-order valence-corrected chi connectivity index (χ2v) is 7.03. The number of hydrogen-bond donors (Lipinski definition) is 2. The number of rotatable bonds is 5. The number of nitrogens with zero attached hydrogens (tertiary/aromatic N) is 3. The van der Waals surface area contributed by atoms with Crippen LogP contribution in [0.1, 0.15) is 11.3 Å². The smallest absolute Gasteiger partial charge is 0.270 e. The fourth-order valence-electron chi connectivity index (χ4n) is 2.13. The number of amides is 1. The highest BCUT2D eigenvalue weighted by Crippen LogP contribution is 2.22. The van der Waals surface area contributed by atoms with Gasteiger partial charge in [0.05, 0.1) is 17.1 Å². The Hall–Kier alpha value is -2.96. The lowest BCUT2D eigenvalue weighted by atomic mass is 10.1. The van der Waals surface area contributed by atoms with Crippen molar-refractivity contribution in [2.45, 2.75) is 12.1 Å². The topological polar surface area (TPSA) is 112 Å². The second-order valence-electron chi connectivity index (χ2n) is 5.20. The van der Waals surface area contributed by atoms with Crippen LogP contribution in [0.5, 0.6) is 0 Å². The summed E-state index contributed by atoms with van der Waals surface area (Å²) in [6.07, 6.45) is 0. The van der Waals surface area contributed by atoms with Gasteiger partial charge in [-0.3, -0.25) is 9.59 Å². The third kappa shape index (κ3) is 4.17. The third-order valence-corrected chi connectivity index (χ3v) is 5.01. The number of thioether (sulfide) groups is 1. The number of aromatic nitrogens is 3. The number of nitriles is 1. The molecule has 0 aliphatic rings. The SMILES string of the molecule is Cc1csc(NC(=O)CSc2nc(-c3ccccc3)c(C#N)c(=O)[nH]2)n1. The van der Waals surface area contributed by atoms with Gasteiger partial charge in [0, 0.05) is 10.9 Å². The van der Waals surface area contributed by atoms with Crippen molar-refractivity contribution in [1.82, 2.24) is 15.0 Å². The Labute approximate surface area is 157 Å². The number of carbonyl (C=O) groups excluding carboxylic acids is 1. The number of aromatic amines is 1. The largest absolute Gasteiger partial charge is 0.301 e. The Morgan fingerprint density at radius 2 is 2.12 bits per heavy atom. The zero-order valence-electron chi connectivity index (χ0n) is 13.6. The maximum absolute atomic E-state index is 12.2. The maximum atomic E-state index is 12.2. The van der Waals surface area contributed by atoms with Crippen LogP contribution in [0.15, 0.2) is 45.7 Å². The van der Waals surface area contributed by atoms with E-state index in [1.165, 1.54) is 11.3 Å². The lowest BCUT2D eigenvalue weighted by Gasteiger charge is -2.06. The van der Waals surface area contributed by atoms with E-state index < -0.39 is 5.56 Å². The van der Waals surface area contributed by atoms with E-state index in [0.29, 0.717) is 16.4 Å². The summed E-state index contributed by atoms with van der Waals surface area (Å²) in [5.74, 6) is -0.195. The molecular formula is C17H13N5O2S2. The van der Waals surface area contributed by atoms with Crippen molar-refractivity contribution in [3.05, 3.63) is 57.3 Å². The molecule has 9 heteroatoms. The van der Waals surface area contributed by atoms with E-state index >= 15 is 0 Å². The van der Waals surface area contributed by atoms with Crippen molar-refractivity contribution in [1.29, 1.82) is 5.26 Å². The molecule has 2 heterocycles. The monoisotopic (exact) mass is 383 g/mol. The summed E-state index contributed by atoms with van der Waals surface area (Å²) in [4.78, 5) is 35.2. The molecule has 7 nitrogen and oxygen atoms in total. The Bertz CT molecular complexity index is 1040. The molecular weight excluding hydrogens is 370 g/mol. The zero-order valence-corrected chi connectivity index (χ0v) is 15.3. The van der Waals surface area contributed by atoms with Crippen LogP contribution >= 0.6 is 23.1 Å².